The third-order valence-electron chi connectivity index (χ3n) is 4.01. The molecule has 3 aromatic rings. The number of hydrogen-bond acceptors (Lipinski definition) is 7. The van der Waals surface area contributed by atoms with Crippen LogP contribution in [0.25, 0.3) is 0 Å². The lowest BCUT2D eigenvalue weighted by atomic mass is 10.2. The van der Waals surface area contributed by atoms with Crippen molar-refractivity contribution in [2.75, 3.05) is 4.90 Å². The number of anilines is 2. The number of hydrogen-bond donors (Lipinski definition) is 0. The number of thioether (sulfide) groups is 1. The van der Waals surface area contributed by atoms with Gasteiger partial charge in [0, 0.05) is 11.0 Å². The van der Waals surface area contributed by atoms with Crippen molar-refractivity contribution in [3.8, 4) is 0 Å². The standard InChI is InChI=1S/C17H11N3O5S/c21-19(22)11-7-8-12(14(10-11)20(23)24)18-13-4-1-2-6-16(13)26-17(18)15-5-3-9-25-15/h1-10,17H. The van der Waals surface area contributed by atoms with E-state index < -0.39 is 9.85 Å². The molecule has 9 heteroatoms. The number of furan rings is 1. The van der Waals surface area contributed by atoms with Gasteiger partial charge in [-0.25, -0.2) is 0 Å². The van der Waals surface area contributed by atoms with Crippen molar-refractivity contribution >= 4 is 34.5 Å². The van der Waals surface area contributed by atoms with Crippen molar-refractivity contribution in [1.29, 1.82) is 0 Å². The first-order valence-corrected chi connectivity index (χ1v) is 8.45. The van der Waals surface area contributed by atoms with E-state index in [9.17, 15) is 20.2 Å². The first-order chi connectivity index (χ1) is 12.6. The minimum absolute atomic E-state index is 0.277. The SMILES string of the molecule is O=[N+]([O-])c1ccc(N2c3ccccc3SC2c2ccco2)c([N+](=O)[O-])c1. The number of nitro benzene ring substituents is 2. The molecule has 2 heterocycles. The van der Waals surface area contributed by atoms with Crippen LogP contribution in [-0.2, 0) is 0 Å². The van der Waals surface area contributed by atoms with Crippen molar-refractivity contribution in [3.63, 3.8) is 0 Å². The van der Waals surface area contributed by atoms with Gasteiger partial charge in [0.2, 0.25) is 0 Å². The van der Waals surface area contributed by atoms with Crippen molar-refractivity contribution in [2.45, 2.75) is 10.3 Å². The molecule has 0 saturated heterocycles. The van der Waals surface area contributed by atoms with Gasteiger partial charge in [-0.05, 0) is 30.3 Å². The highest BCUT2D eigenvalue weighted by atomic mass is 32.2. The van der Waals surface area contributed by atoms with Crippen LogP contribution in [0.1, 0.15) is 11.1 Å². The third kappa shape index (κ3) is 2.58. The number of nitro groups is 2. The highest BCUT2D eigenvalue weighted by Crippen LogP contribution is 2.56. The summed E-state index contributed by atoms with van der Waals surface area (Å²) in [5.41, 5.74) is 0.415. The summed E-state index contributed by atoms with van der Waals surface area (Å²) < 4.78 is 5.52. The second-order valence-corrected chi connectivity index (χ2v) is 6.63. The topological polar surface area (TPSA) is 103 Å². The van der Waals surface area contributed by atoms with Crippen molar-refractivity contribution < 1.29 is 14.3 Å². The van der Waals surface area contributed by atoms with Crippen molar-refractivity contribution in [3.05, 3.63) is 86.8 Å². The van der Waals surface area contributed by atoms with Crippen molar-refractivity contribution in [2.24, 2.45) is 0 Å². The zero-order chi connectivity index (χ0) is 18.3. The minimum atomic E-state index is -0.645. The van der Waals surface area contributed by atoms with Crippen LogP contribution in [0.5, 0.6) is 0 Å². The molecule has 0 radical (unpaired) electrons. The quantitative estimate of drug-likeness (QED) is 0.469. The smallest absolute Gasteiger partial charge is 0.299 e. The van der Waals surface area contributed by atoms with Gasteiger partial charge in [-0.15, -0.1) is 0 Å². The Kier molecular flexibility index (Phi) is 3.85. The summed E-state index contributed by atoms with van der Waals surface area (Å²) in [5.74, 6) is 0.638. The van der Waals surface area contributed by atoms with E-state index in [2.05, 4.69) is 0 Å². The van der Waals surface area contributed by atoms with Gasteiger partial charge in [0.25, 0.3) is 11.4 Å². The van der Waals surface area contributed by atoms with Gasteiger partial charge in [0.15, 0.2) is 0 Å². The monoisotopic (exact) mass is 369 g/mol. The largest absolute Gasteiger partial charge is 0.466 e. The second-order valence-electron chi connectivity index (χ2n) is 5.51. The molecule has 0 amide bonds. The Morgan fingerprint density at radius 2 is 1.77 bits per heavy atom. The molecular formula is C17H11N3O5S. The zero-order valence-electron chi connectivity index (χ0n) is 13.1. The van der Waals surface area contributed by atoms with E-state index in [1.807, 2.05) is 24.3 Å². The summed E-state index contributed by atoms with van der Waals surface area (Å²) in [5, 5.41) is 22.2. The Hall–Kier alpha value is -3.33. The number of nitrogens with zero attached hydrogens (tertiary/aromatic N) is 3. The van der Waals surface area contributed by atoms with Gasteiger partial charge in [-0.2, -0.15) is 0 Å². The molecule has 1 aliphatic rings. The molecule has 0 aliphatic carbocycles. The Labute approximate surface area is 151 Å². The number of non-ortho nitro benzene ring substituents is 1. The van der Waals surface area contributed by atoms with Crippen molar-refractivity contribution in [1.82, 2.24) is 0 Å². The first kappa shape index (κ1) is 16.2. The van der Waals surface area contributed by atoms with Crippen LogP contribution in [0.3, 0.4) is 0 Å². The lowest BCUT2D eigenvalue weighted by Crippen LogP contribution is -2.18. The molecular weight excluding hydrogens is 358 g/mol. The molecule has 130 valence electrons. The normalized spacial score (nSPS) is 15.7. The molecule has 2 aromatic carbocycles. The van der Waals surface area contributed by atoms with Crippen LogP contribution in [0.4, 0.5) is 22.7 Å². The first-order valence-electron chi connectivity index (χ1n) is 7.57. The Balaban J connectivity index is 1.91. The average molecular weight is 369 g/mol. The molecule has 1 atom stereocenters. The number of para-hydroxylation sites is 1. The predicted molar refractivity (Wildman–Crippen MR) is 95.6 cm³/mol. The van der Waals surface area contributed by atoms with E-state index in [-0.39, 0.29) is 22.4 Å². The maximum Gasteiger partial charge on any atom is 0.299 e. The molecule has 1 aliphatic heterocycles. The van der Waals surface area contributed by atoms with Gasteiger partial charge < -0.3 is 9.32 Å². The van der Waals surface area contributed by atoms with E-state index in [1.165, 1.54) is 23.9 Å². The summed E-state index contributed by atoms with van der Waals surface area (Å²) in [7, 11) is 0. The Morgan fingerprint density at radius 3 is 2.46 bits per heavy atom. The summed E-state index contributed by atoms with van der Waals surface area (Å²) in [6, 6.07) is 14.7. The molecule has 0 bridgehead atoms. The van der Waals surface area contributed by atoms with E-state index in [1.54, 1.807) is 23.3 Å². The van der Waals surface area contributed by atoms with E-state index in [0.29, 0.717) is 5.76 Å². The van der Waals surface area contributed by atoms with E-state index in [0.717, 1.165) is 16.6 Å². The van der Waals surface area contributed by atoms with E-state index in [4.69, 9.17) is 4.42 Å². The number of benzene rings is 2. The minimum Gasteiger partial charge on any atom is -0.466 e. The van der Waals surface area contributed by atoms with Gasteiger partial charge in [0.1, 0.15) is 16.8 Å². The van der Waals surface area contributed by atoms with Gasteiger partial charge >= 0.3 is 0 Å². The molecule has 0 spiro atoms. The molecule has 4 rings (SSSR count). The highest BCUT2D eigenvalue weighted by Gasteiger charge is 2.37. The number of rotatable bonds is 4. The van der Waals surface area contributed by atoms with E-state index >= 15 is 0 Å². The molecule has 0 saturated carbocycles. The van der Waals surface area contributed by atoms with Gasteiger partial charge in [0.05, 0.1) is 27.9 Å². The number of fused-ring (bicyclic) bond motifs is 1. The zero-order valence-corrected chi connectivity index (χ0v) is 14.0. The van der Waals surface area contributed by atoms with Crippen LogP contribution in [0, 0.1) is 20.2 Å². The molecule has 0 N–H and O–H groups in total. The summed E-state index contributed by atoms with van der Waals surface area (Å²) in [6.07, 6.45) is 1.54. The average Bonchev–Trinajstić information content (AvgIpc) is 3.28. The maximum absolute atomic E-state index is 11.6. The van der Waals surface area contributed by atoms with Gasteiger partial charge in [-0.3, -0.25) is 20.2 Å². The molecule has 0 fully saturated rings. The van der Waals surface area contributed by atoms with Crippen LogP contribution < -0.4 is 4.90 Å². The molecule has 8 nitrogen and oxygen atoms in total. The van der Waals surface area contributed by atoms with Crippen LogP contribution in [0.2, 0.25) is 0 Å². The summed E-state index contributed by atoms with van der Waals surface area (Å²) >= 11 is 1.50. The highest BCUT2D eigenvalue weighted by molar-refractivity contribution is 8.00. The summed E-state index contributed by atoms with van der Waals surface area (Å²) in [4.78, 5) is 24.1. The predicted octanol–water partition coefficient (Wildman–Crippen LogP) is 5.04. The third-order valence-corrected chi connectivity index (χ3v) is 5.28. The lowest BCUT2D eigenvalue weighted by Gasteiger charge is -2.24. The Morgan fingerprint density at radius 1 is 0.962 bits per heavy atom. The maximum atomic E-state index is 11.6. The molecule has 1 unspecified atom stereocenters. The van der Waals surface area contributed by atoms with Crippen LogP contribution in [-0.4, -0.2) is 9.85 Å². The fourth-order valence-electron chi connectivity index (χ4n) is 2.90. The fourth-order valence-corrected chi connectivity index (χ4v) is 4.17. The van der Waals surface area contributed by atoms with Gasteiger partial charge in [-0.1, -0.05) is 23.9 Å². The lowest BCUT2D eigenvalue weighted by molar-refractivity contribution is -0.393. The molecule has 26 heavy (non-hydrogen) atoms. The van der Waals surface area contributed by atoms with Crippen LogP contribution >= 0.6 is 11.8 Å². The molecule has 1 aromatic heterocycles. The fraction of sp³-hybridized carbons (Fsp3) is 0.0588. The van der Waals surface area contributed by atoms with Crippen LogP contribution in [0.15, 0.2) is 70.2 Å². The summed E-state index contributed by atoms with van der Waals surface area (Å²) in [6.45, 7) is 0. The Bertz CT molecular complexity index is 1010. The second kappa shape index (κ2) is 6.19.